The molecule has 2 aromatic rings. The molecule has 6 heteroatoms. The van der Waals surface area contributed by atoms with Gasteiger partial charge in [0.1, 0.15) is 13.2 Å². The number of nitrogens with one attached hydrogen (secondary N) is 1. The Kier molecular flexibility index (Phi) is 5.03. The Balaban J connectivity index is 1.63. The van der Waals surface area contributed by atoms with Crippen molar-refractivity contribution < 1.29 is 23.7 Å². The lowest BCUT2D eigenvalue weighted by molar-refractivity contribution is -0.121. The van der Waals surface area contributed by atoms with E-state index in [2.05, 4.69) is 5.32 Å². The molecule has 2 aliphatic rings. The van der Waals surface area contributed by atoms with E-state index in [0.717, 1.165) is 37.0 Å². The third-order valence-electron chi connectivity index (χ3n) is 5.63. The molecule has 148 valence electrons. The van der Waals surface area contributed by atoms with Crippen molar-refractivity contribution in [3.63, 3.8) is 0 Å². The molecule has 1 fully saturated rings. The van der Waals surface area contributed by atoms with Gasteiger partial charge in [0.25, 0.3) is 0 Å². The zero-order chi connectivity index (χ0) is 19.6. The van der Waals surface area contributed by atoms with E-state index in [4.69, 9.17) is 18.9 Å². The molecular weight excluding hydrogens is 358 g/mol. The lowest BCUT2D eigenvalue weighted by Gasteiger charge is -2.30. The van der Waals surface area contributed by atoms with Crippen molar-refractivity contribution in [3.05, 3.63) is 42.0 Å². The van der Waals surface area contributed by atoms with Gasteiger partial charge in [-0.1, -0.05) is 18.9 Å². The molecule has 0 spiro atoms. The second-order valence-electron chi connectivity index (χ2n) is 7.17. The van der Waals surface area contributed by atoms with Gasteiger partial charge < -0.3 is 24.3 Å². The average molecular weight is 383 g/mol. The first kappa shape index (κ1) is 18.5. The van der Waals surface area contributed by atoms with Crippen LogP contribution in [0.4, 0.5) is 5.69 Å². The largest absolute Gasteiger partial charge is 0.493 e. The van der Waals surface area contributed by atoms with Gasteiger partial charge >= 0.3 is 0 Å². The lowest BCUT2D eigenvalue weighted by Crippen LogP contribution is -2.38. The fourth-order valence-electron chi connectivity index (χ4n) is 4.13. The number of benzene rings is 2. The van der Waals surface area contributed by atoms with Gasteiger partial charge in [0.05, 0.1) is 19.6 Å². The minimum Gasteiger partial charge on any atom is -0.493 e. The number of carbonyl (C=O) groups is 1. The number of rotatable bonds is 5. The van der Waals surface area contributed by atoms with Gasteiger partial charge in [-0.3, -0.25) is 4.79 Å². The topological polar surface area (TPSA) is 66.0 Å². The van der Waals surface area contributed by atoms with E-state index in [-0.39, 0.29) is 5.91 Å². The molecule has 1 amide bonds. The molecule has 1 saturated carbocycles. The highest BCUT2D eigenvalue weighted by Crippen LogP contribution is 2.45. The summed E-state index contributed by atoms with van der Waals surface area (Å²) in [6.45, 7) is 1.08. The minimum absolute atomic E-state index is 0.00565. The van der Waals surface area contributed by atoms with Crippen LogP contribution in [-0.4, -0.2) is 33.3 Å². The number of methoxy groups -OCH3 is 2. The molecule has 2 aromatic carbocycles. The normalized spacial score (nSPS) is 17.1. The maximum Gasteiger partial charge on any atom is 0.235 e. The first-order valence-electron chi connectivity index (χ1n) is 9.60. The molecule has 1 aliphatic carbocycles. The number of hydrogen-bond donors (Lipinski definition) is 1. The second kappa shape index (κ2) is 7.62. The molecular formula is C22H25NO5. The predicted molar refractivity (Wildman–Crippen MR) is 106 cm³/mol. The first-order chi connectivity index (χ1) is 13.7. The van der Waals surface area contributed by atoms with Crippen LogP contribution in [0.5, 0.6) is 23.0 Å². The Morgan fingerprint density at radius 1 is 0.929 bits per heavy atom. The van der Waals surface area contributed by atoms with Crippen LogP contribution in [0, 0.1) is 0 Å². The summed E-state index contributed by atoms with van der Waals surface area (Å²) in [5, 5.41) is 3.08. The van der Waals surface area contributed by atoms with Crippen molar-refractivity contribution >= 4 is 11.6 Å². The molecule has 1 N–H and O–H groups in total. The lowest BCUT2D eigenvalue weighted by atomic mass is 9.77. The number of anilines is 1. The fourth-order valence-corrected chi connectivity index (χ4v) is 4.13. The molecule has 4 rings (SSSR count). The van der Waals surface area contributed by atoms with Crippen molar-refractivity contribution in [1.29, 1.82) is 0 Å². The van der Waals surface area contributed by atoms with Crippen LogP contribution in [0.25, 0.3) is 0 Å². The van der Waals surface area contributed by atoms with Crippen LogP contribution in [0.15, 0.2) is 36.4 Å². The van der Waals surface area contributed by atoms with Gasteiger partial charge in [-0.05, 0) is 42.7 Å². The Bertz CT molecular complexity index is 873. The van der Waals surface area contributed by atoms with Gasteiger partial charge in [0, 0.05) is 11.8 Å². The highest BCUT2D eigenvalue weighted by atomic mass is 16.6. The van der Waals surface area contributed by atoms with Gasteiger partial charge in [-0.25, -0.2) is 0 Å². The molecule has 1 heterocycles. The molecule has 1 aliphatic heterocycles. The van der Waals surface area contributed by atoms with Crippen molar-refractivity contribution in [2.24, 2.45) is 0 Å². The van der Waals surface area contributed by atoms with Crippen LogP contribution < -0.4 is 24.3 Å². The minimum atomic E-state index is -0.566. The van der Waals surface area contributed by atoms with Crippen molar-refractivity contribution in [2.75, 3.05) is 32.8 Å². The van der Waals surface area contributed by atoms with E-state index >= 15 is 0 Å². The monoisotopic (exact) mass is 383 g/mol. The number of hydrogen-bond acceptors (Lipinski definition) is 5. The molecule has 0 unspecified atom stereocenters. The van der Waals surface area contributed by atoms with Gasteiger partial charge in [0.15, 0.2) is 23.0 Å². The summed E-state index contributed by atoms with van der Waals surface area (Å²) in [5.41, 5.74) is 1.10. The van der Waals surface area contributed by atoms with E-state index < -0.39 is 5.41 Å². The summed E-state index contributed by atoms with van der Waals surface area (Å²) in [5.74, 6) is 2.66. The number of ether oxygens (including phenoxy) is 4. The second-order valence-corrected chi connectivity index (χ2v) is 7.17. The van der Waals surface area contributed by atoms with Gasteiger partial charge in [-0.2, -0.15) is 0 Å². The van der Waals surface area contributed by atoms with E-state index in [9.17, 15) is 4.79 Å². The third-order valence-corrected chi connectivity index (χ3v) is 5.63. The Labute approximate surface area is 164 Å². The summed E-state index contributed by atoms with van der Waals surface area (Å²) in [4.78, 5) is 13.4. The van der Waals surface area contributed by atoms with Crippen LogP contribution in [0.3, 0.4) is 0 Å². The quantitative estimate of drug-likeness (QED) is 0.848. The summed E-state index contributed by atoms with van der Waals surface area (Å²) in [6.07, 6.45) is 3.67. The van der Waals surface area contributed by atoms with E-state index in [1.165, 1.54) is 0 Å². The Morgan fingerprint density at radius 3 is 2.36 bits per heavy atom. The summed E-state index contributed by atoms with van der Waals surface area (Å²) in [7, 11) is 3.17. The molecule has 0 bridgehead atoms. The maximum atomic E-state index is 13.4. The summed E-state index contributed by atoms with van der Waals surface area (Å²) >= 11 is 0. The smallest absolute Gasteiger partial charge is 0.235 e. The molecule has 0 radical (unpaired) electrons. The number of fused-ring (bicyclic) bond motifs is 1. The Hall–Kier alpha value is -2.89. The standard InChI is InChI=1S/C22H25NO5/c1-25-17-8-6-16(14-19(17)26-2)23-21(24)22(9-3-4-10-22)15-5-7-18-20(13-15)28-12-11-27-18/h5-8,13-14H,3-4,9-12H2,1-2H3,(H,23,24). The highest BCUT2D eigenvalue weighted by molar-refractivity contribution is 5.99. The molecule has 28 heavy (non-hydrogen) atoms. The molecule has 0 aromatic heterocycles. The summed E-state index contributed by atoms with van der Waals surface area (Å²) in [6, 6.07) is 11.3. The molecule has 0 saturated heterocycles. The Morgan fingerprint density at radius 2 is 1.64 bits per heavy atom. The van der Waals surface area contributed by atoms with E-state index in [0.29, 0.717) is 36.1 Å². The first-order valence-corrected chi connectivity index (χ1v) is 9.60. The fraction of sp³-hybridized carbons (Fsp3) is 0.409. The number of amides is 1. The van der Waals surface area contributed by atoms with Crippen LogP contribution >= 0.6 is 0 Å². The van der Waals surface area contributed by atoms with E-state index in [1.54, 1.807) is 26.4 Å². The predicted octanol–water partition coefficient (Wildman–Crippen LogP) is 3.93. The SMILES string of the molecule is COc1ccc(NC(=O)C2(c3ccc4c(c3)OCCO4)CCCC2)cc1OC. The van der Waals surface area contributed by atoms with Crippen LogP contribution in [-0.2, 0) is 10.2 Å². The van der Waals surface area contributed by atoms with Gasteiger partial charge in [-0.15, -0.1) is 0 Å². The van der Waals surface area contributed by atoms with Crippen molar-refractivity contribution in [1.82, 2.24) is 0 Å². The number of carbonyl (C=O) groups excluding carboxylic acids is 1. The third kappa shape index (κ3) is 3.23. The maximum absolute atomic E-state index is 13.4. The zero-order valence-corrected chi connectivity index (χ0v) is 16.2. The van der Waals surface area contributed by atoms with Gasteiger partial charge in [0.2, 0.25) is 5.91 Å². The zero-order valence-electron chi connectivity index (χ0n) is 16.2. The van der Waals surface area contributed by atoms with Crippen LogP contribution in [0.2, 0.25) is 0 Å². The van der Waals surface area contributed by atoms with Crippen molar-refractivity contribution in [3.8, 4) is 23.0 Å². The molecule has 0 atom stereocenters. The van der Waals surface area contributed by atoms with Crippen LogP contribution in [0.1, 0.15) is 31.2 Å². The van der Waals surface area contributed by atoms with E-state index in [1.807, 2.05) is 24.3 Å². The van der Waals surface area contributed by atoms with Crippen molar-refractivity contribution in [2.45, 2.75) is 31.1 Å². The molecule has 6 nitrogen and oxygen atoms in total. The summed E-state index contributed by atoms with van der Waals surface area (Å²) < 4.78 is 22.0. The average Bonchev–Trinajstić information content (AvgIpc) is 3.24. The highest BCUT2D eigenvalue weighted by Gasteiger charge is 2.43.